The van der Waals surface area contributed by atoms with Crippen LogP contribution in [-0.2, 0) is 10.8 Å². The zero-order chi connectivity index (χ0) is 10.3. The van der Waals surface area contributed by atoms with Gasteiger partial charge >= 0.3 is 0 Å². The molecule has 0 saturated carbocycles. The van der Waals surface area contributed by atoms with Gasteiger partial charge in [-0.15, -0.1) is 0 Å². The Hall–Kier alpha value is 0.0700. The minimum Gasteiger partial charge on any atom is -0.315 e. The first-order chi connectivity index (χ1) is 6.04. The summed E-state index contributed by atoms with van der Waals surface area (Å²) >= 11 is 0. The van der Waals surface area contributed by atoms with Gasteiger partial charge in [0.25, 0.3) is 0 Å². The van der Waals surface area contributed by atoms with Crippen LogP contribution in [-0.4, -0.2) is 54.3 Å². The first-order valence-electron chi connectivity index (χ1n) is 4.71. The summed E-state index contributed by atoms with van der Waals surface area (Å²) in [6.07, 6.45) is 2.90. The largest absolute Gasteiger partial charge is 0.315 e. The molecule has 0 aromatic carbocycles. The lowest BCUT2D eigenvalue weighted by molar-refractivity contribution is 0.395. The lowest BCUT2D eigenvalue weighted by Gasteiger charge is -2.11. The van der Waals surface area contributed by atoms with Crippen LogP contribution < -0.4 is 5.32 Å². The molecule has 2 atom stereocenters. The van der Waals surface area contributed by atoms with Crippen molar-refractivity contribution in [3.63, 3.8) is 0 Å². The van der Waals surface area contributed by atoms with Crippen LogP contribution >= 0.6 is 0 Å². The topological polar surface area (TPSA) is 32.3 Å². The van der Waals surface area contributed by atoms with E-state index in [1.54, 1.807) is 6.26 Å². The molecule has 80 valence electrons. The van der Waals surface area contributed by atoms with Crippen molar-refractivity contribution in [3.8, 4) is 0 Å². The third-order valence-electron chi connectivity index (χ3n) is 1.96. The fourth-order valence-corrected chi connectivity index (χ4v) is 1.30. The highest BCUT2D eigenvalue weighted by Crippen LogP contribution is 1.89. The maximum Gasteiger partial charge on any atom is 0.0441 e. The van der Waals surface area contributed by atoms with Gasteiger partial charge < -0.3 is 10.2 Å². The van der Waals surface area contributed by atoms with Gasteiger partial charge in [-0.3, -0.25) is 4.21 Å². The molecular formula is C9H22N2OS. The van der Waals surface area contributed by atoms with Gasteiger partial charge in [0.2, 0.25) is 0 Å². The molecule has 0 aliphatic rings. The van der Waals surface area contributed by atoms with E-state index in [0.717, 1.165) is 26.1 Å². The van der Waals surface area contributed by atoms with E-state index in [9.17, 15) is 4.21 Å². The minimum absolute atomic E-state index is 0.263. The number of hydrogen-bond acceptors (Lipinski definition) is 3. The molecule has 0 aromatic rings. The van der Waals surface area contributed by atoms with Crippen LogP contribution in [0, 0.1) is 0 Å². The van der Waals surface area contributed by atoms with Crippen molar-refractivity contribution in [3.05, 3.63) is 0 Å². The molecule has 0 amide bonds. The monoisotopic (exact) mass is 206 g/mol. The zero-order valence-electron chi connectivity index (χ0n) is 9.17. The second kappa shape index (κ2) is 7.47. The van der Waals surface area contributed by atoms with Gasteiger partial charge in [0.05, 0.1) is 0 Å². The maximum absolute atomic E-state index is 11.0. The Morgan fingerprint density at radius 1 is 1.46 bits per heavy atom. The fraction of sp³-hybridized carbons (Fsp3) is 1.00. The second-order valence-corrected chi connectivity index (χ2v) is 5.47. The van der Waals surface area contributed by atoms with Crippen molar-refractivity contribution in [1.82, 2.24) is 10.2 Å². The van der Waals surface area contributed by atoms with E-state index in [1.807, 2.05) is 6.92 Å². The standard InChI is InChI=1S/C9H22N2OS/c1-9(13(4)12)8-10-6-5-7-11(2)3/h9-10H,5-8H2,1-4H3. The van der Waals surface area contributed by atoms with Gasteiger partial charge in [-0.05, 0) is 40.5 Å². The zero-order valence-corrected chi connectivity index (χ0v) is 9.99. The van der Waals surface area contributed by atoms with Crippen molar-refractivity contribution in [1.29, 1.82) is 0 Å². The van der Waals surface area contributed by atoms with Crippen molar-refractivity contribution in [2.75, 3.05) is 40.0 Å². The molecule has 4 heteroatoms. The van der Waals surface area contributed by atoms with Crippen LogP contribution in [0.1, 0.15) is 13.3 Å². The van der Waals surface area contributed by atoms with Crippen LogP contribution in [0.4, 0.5) is 0 Å². The molecule has 0 aromatic heterocycles. The number of rotatable bonds is 7. The third-order valence-corrected chi connectivity index (χ3v) is 3.26. The van der Waals surface area contributed by atoms with E-state index >= 15 is 0 Å². The molecule has 0 fully saturated rings. The summed E-state index contributed by atoms with van der Waals surface area (Å²) in [6, 6.07) is 0. The first-order valence-corrected chi connectivity index (χ1v) is 6.34. The van der Waals surface area contributed by atoms with Crippen LogP contribution in [0.2, 0.25) is 0 Å². The van der Waals surface area contributed by atoms with Gasteiger partial charge in [-0.1, -0.05) is 0 Å². The van der Waals surface area contributed by atoms with Crippen LogP contribution in [0.25, 0.3) is 0 Å². The first kappa shape index (κ1) is 13.1. The van der Waals surface area contributed by atoms with E-state index < -0.39 is 10.8 Å². The Labute approximate surface area is 84.3 Å². The SMILES string of the molecule is CC(CNCCCN(C)C)S(C)=O. The van der Waals surface area contributed by atoms with Crippen molar-refractivity contribution >= 4 is 10.8 Å². The van der Waals surface area contributed by atoms with E-state index in [4.69, 9.17) is 0 Å². The summed E-state index contributed by atoms with van der Waals surface area (Å²) in [7, 11) is 3.45. The maximum atomic E-state index is 11.0. The van der Waals surface area contributed by atoms with Gasteiger partial charge in [0.1, 0.15) is 0 Å². The summed E-state index contributed by atoms with van der Waals surface area (Å²) < 4.78 is 11.0. The summed E-state index contributed by atoms with van der Waals surface area (Å²) in [6.45, 7) is 4.99. The highest BCUT2D eigenvalue weighted by atomic mass is 32.2. The Morgan fingerprint density at radius 2 is 2.08 bits per heavy atom. The molecular weight excluding hydrogens is 184 g/mol. The third kappa shape index (κ3) is 8.40. The molecule has 0 saturated heterocycles. The molecule has 0 rings (SSSR count). The van der Waals surface area contributed by atoms with Crippen molar-refractivity contribution in [2.24, 2.45) is 0 Å². The molecule has 0 aliphatic heterocycles. The molecule has 3 nitrogen and oxygen atoms in total. The van der Waals surface area contributed by atoms with E-state index in [1.165, 1.54) is 0 Å². The van der Waals surface area contributed by atoms with E-state index in [2.05, 4.69) is 24.3 Å². The average molecular weight is 206 g/mol. The number of nitrogens with zero attached hydrogens (tertiary/aromatic N) is 1. The molecule has 0 bridgehead atoms. The normalized spacial score (nSPS) is 16.1. The van der Waals surface area contributed by atoms with Crippen LogP contribution in [0.5, 0.6) is 0 Å². The Bertz CT molecular complexity index is 151. The average Bonchev–Trinajstić information content (AvgIpc) is 2.02. The molecule has 0 radical (unpaired) electrons. The summed E-state index contributed by atoms with van der Waals surface area (Å²) in [5.41, 5.74) is 0. The fourth-order valence-electron chi connectivity index (χ4n) is 0.943. The highest BCUT2D eigenvalue weighted by molar-refractivity contribution is 7.84. The highest BCUT2D eigenvalue weighted by Gasteiger charge is 2.03. The Kier molecular flexibility index (Phi) is 7.51. The van der Waals surface area contributed by atoms with Crippen LogP contribution in [0.3, 0.4) is 0 Å². The smallest absolute Gasteiger partial charge is 0.0441 e. The molecule has 0 spiro atoms. The van der Waals surface area contributed by atoms with Gasteiger partial charge in [0.15, 0.2) is 0 Å². The molecule has 0 aliphatic carbocycles. The van der Waals surface area contributed by atoms with Gasteiger partial charge in [-0.2, -0.15) is 0 Å². The van der Waals surface area contributed by atoms with Gasteiger partial charge in [0, 0.05) is 28.9 Å². The van der Waals surface area contributed by atoms with E-state index in [-0.39, 0.29) is 5.25 Å². The minimum atomic E-state index is -0.697. The molecule has 0 heterocycles. The van der Waals surface area contributed by atoms with E-state index in [0.29, 0.717) is 0 Å². The Balaban J connectivity index is 3.21. The number of hydrogen-bond donors (Lipinski definition) is 1. The molecule has 2 unspecified atom stereocenters. The lowest BCUT2D eigenvalue weighted by Crippen LogP contribution is -2.29. The molecule has 1 N–H and O–H groups in total. The van der Waals surface area contributed by atoms with Crippen LogP contribution in [0.15, 0.2) is 0 Å². The summed E-state index contributed by atoms with van der Waals surface area (Å²) in [4.78, 5) is 2.17. The second-order valence-electron chi connectivity index (χ2n) is 3.67. The Morgan fingerprint density at radius 3 is 2.54 bits per heavy atom. The quantitative estimate of drug-likeness (QED) is 0.608. The lowest BCUT2D eigenvalue weighted by atomic mass is 10.4. The predicted molar refractivity (Wildman–Crippen MR) is 59.6 cm³/mol. The predicted octanol–water partition coefficient (Wildman–Crippen LogP) is 0.295. The summed E-state index contributed by atoms with van der Waals surface area (Å²) in [5.74, 6) is 0. The summed E-state index contributed by atoms with van der Waals surface area (Å²) in [5, 5.41) is 3.57. The van der Waals surface area contributed by atoms with Gasteiger partial charge in [-0.25, -0.2) is 0 Å². The number of nitrogens with one attached hydrogen (secondary N) is 1. The molecule has 13 heavy (non-hydrogen) atoms. The van der Waals surface area contributed by atoms with Crippen molar-refractivity contribution in [2.45, 2.75) is 18.6 Å². The van der Waals surface area contributed by atoms with Crippen molar-refractivity contribution < 1.29 is 4.21 Å².